The third-order valence-electron chi connectivity index (χ3n) is 5.32. The summed E-state index contributed by atoms with van der Waals surface area (Å²) in [6.07, 6.45) is 4.07. The van der Waals surface area contributed by atoms with Crippen molar-refractivity contribution < 1.29 is 19.8 Å². The van der Waals surface area contributed by atoms with E-state index in [1.54, 1.807) is 11.0 Å². The average Bonchev–Trinajstić information content (AvgIpc) is 3.04. The topological polar surface area (TPSA) is 77.8 Å². The number of carbonyl (C=O) groups excluding carboxylic acids is 1. The van der Waals surface area contributed by atoms with Gasteiger partial charge in [0, 0.05) is 24.0 Å². The first-order valence-corrected chi connectivity index (χ1v) is 11.2. The maximum absolute atomic E-state index is 13.4. The molecular formula is C23H33NO4S. The number of carboxylic acid groups (broad SMARTS) is 1. The SMILES string of the molecule is CC1CCC(C(=O)N(c2cc(C#CC(C)(C)C)sc2C(=O)O)[C@@H](C)CCO)CC1. The highest BCUT2D eigenvalue weighted by atomic mass is 32.1. The molecule has 1 heterocycles. The van der Waals surface area contributed by atoms with Crippen molar-refractivity contribution in [1.82, 2.24) is 0 Å². The summed E-state index contributed by atoms with van der Waals surface area (Å²) in [5, 5.41) is 19.2. The van der Waals surface area contributed by atoms with Crippen molar-refractivity contribution >= 4 is 28.9 Å². The van der Waals surface area contributed by atoms with Gasteiger partial charge in [-0.15, -0.1) is 11.3 Å². The lowest BCUT2D eigenvalue weighted by molar-refractivity contribution is -0.124. The van der Waals surface area contributed by atoms with Crippen molar-refractivity contribution in [2.24, 2.45) is 17.3 Å². The summed E-state index contributed by atoms with van der Waals surface area (Å²) in [4.78, 5) is 27.8. The van der Waals surface area contributed by atoms with Crippen LogP contribution in [0.25, 0.3) is 0 Å². The predicted molar refractivity (Wildman–Crippen MR) is 117 cm³/mol. The van der Waals surface area contributed by atoms with E-state index in [4.69, 9.17) is 0 Å². The van der Waals surface area contributed by atoms with Gasteiger partial charge in [-0.05, 0) is 71.8 Å². The van der Waals surface area contributed by atoms with E-state index in [0.29, 0.717) is 22.9 Å². The first-order valence-electron chi connectivity index (χ1n) is 10.4. The van der Waals surface area contributed by atoms with Crippen molar-refractivity contribution in [1.29, 1.82) is 0 Å². The van der Waals surface area contributed by atoms with Gasteiger partial charge in [0.05, 0.1) is 10.6 Å². The molecule has 1 aliphatic carbocycles. The third kappa shape index (κ3) is 6.32. The molecule has 6 heteroatoms. The van der Waals surface area contributed by atoms with Crippen LogP contribution in [0.2, 0.25) is 0 Å². The first kappa shape index (κ1) is 23.4. The maximum Gasteiger partial charge on any atom is 0.348 e. The molecule has 1 aliphatic rings. The highest BCUT2D eigenvalue weighted by molar-refractivity contribution is 7.15. The molecule has 1 atom stereocenters. The number of nitrogens with zero attached hydrogens (tertiary/aromatic N) is 1. The lowest BCUT2D eigenvalue weighted by Gasteiger charge is -2.34. The summed E-state index contributed by atoms with van der Waals surface area (Å²) in [5.74, 6) is 5.63. The number of amides is 1. The van der Waals surface area contributed by atoms with Crippen LogP contribution in [0.5, 0.6) is 0 Å². The Hall–Kier alpha value is -1.84. The van der Waals surface area contributed by atoms with Gasteiger partial charge in [0.15, 0.2) is 0 Å². The van der Waals surface area contributed by atoms with Crippen LogP contribution in [0.1, 0.15) is 81.3 Å². The molecule has 1 fully saturated rings. The van der Waals surface area contributed by atoms with Crippen molar-refractivity contribution in [2.75, 3.05) is 11.5 Å². The van der Waals surface area contributed by atoms with E-state index in [1.165, 1.54) is 0 Å². The van der Waals surface area contributed by atoms with Crippen molar-refractivity contribution in [2.45, 2.75) is 72.8 Å². The van der Waals surface area contributed by atoms with Crippen molar-refractivity contribution in [3.63, 3.8) is 0 Å². The number of hydrogen-bond acceptors (Lipinski definition) is 4. The Morgan fingerprint density at radius 1 is 1.28 bits per heavy atom. The van der Waals surface area contributed by atoms with Crippen LogP contribution >= 0.6 is 11.3 Å². The molecule has 0 radical (unpaired) electrons. The van der Waals surface area contributed by atoms with Gasteiger partial charge in [-0.25, -0.2) is 4.79 Å². The number of aliphatic hydroxyl groups excluding tert-OH is 1. The summed E-state index contributed by atoms with van der Waals surface area (Å²) in [6.45, 7) is 10.00. The molecule has 1 saturated carbocycles. The van der Waals surface area contributed by atoms with Crippen LogP contribution in [-0.4, -0.2) is 34.7 Å². The van der Waals surface area contributed by atoms with Gasteiger partial charge in [0.2, 0.25) is 5.91 Å². The fourth-order valence-electron chi connectivity index (χ4n) is 3.62. The molecule has 0 saturated heterocycles. The minimum absolute atomic E-state index is 0.0338. The molecule has 1 amide bonds. The van der Waals surface area contributed by atoms with E-state index >= 15 is 0 Å². The molecule has 1 aromatic rings. The first-order chi connectivity index (χ1) is 13.5. The molecule has 0 spiro atoms. The number of carbonyl (C=O) groups is 2. The number of thiophene rings is 1. The van der Waals surface area contributed by atoms with Gasteiger partial charge in [0.25, 0.3) is 0 Å². The van der Waals surface area contributed by atoms with E-state index in [-0.39, 0.29) is 34.8 Å². The molecule has 0 aliphatic heterocycles. The van der Waals surface area contributed by atoms with E-state index in [9.17, 15) is 19.8 Å². The zero-order chi connectivity index (χ0) is 21.8. The second kappa shape index (κ2) is 9.77. The van der Waals surface area contributed by atoms with Crippen LogP contribution in [0.15, 0.2) is 6.07 Å². The molecule has 1 aromatic heterocycles. The molecule has 0 aromatic carbocycles. The van der Waals surface area contributed by atoms with Crippen LogP contribution in [0.3, 0.4) is 0 Å². The molecule has 2 N–H and O–H groups in total. The van der Waals surface area contributed by atoms with Crippen LogP contribution in [0.4, 0.5) is 5.69 Å². The van der Waals surface area contributed by atoms with E-state index in [0.717, 1.165) is 37.0 Å². The largest absolute Gasteiger partial charge is 0.477 e. The average molecular weight is 420 g/mol. The fraction of sp³-hybridized carbons (Fsp3) is 0.652. The molecule has 5 nitrogen and oxygen atoms in total. The van der Waals surface area contributed by atoms with Gasteiger partial charge in [0.1, 0.15) is 4.88 Å². The van der Waals surface area contributed by atoms with Crippen molar-refractivity contribution in [3.05, 3.63) is 15.8 Å². The Morgan fingerprint density at radius 2 is 1.90 bits per heavy atom. The predicted octanol–water partition coefficient (Wildman–Crippen LogP) is 4.77. The summed E-state index contributed by atoms with van der Waals surface area (Å²) < 4.78 is 0. The monoisotopic (exact) mass is 419 g/mol. The summed E-state index contributed by atoms with van der Waals surface area (Å²) >= 11 is 1.11. The van der Waals surface area contributed by atoms with Crippen LogP contribution in [0, 0.1) is 29.1 Å². The highest BCUT2D eigenvalue weighted by Crippen LogP contribution is 2.36. The number of anilines is 1. The summed E-state index contributed by atoms with van der Waals surface area (Å²) in [5.41, 5.74) is 0.205. The normalized spacial score (nSPS) is 20.5. The summed E-state index contributed by atoms with van der Waals surface area (Å²) in [7, 11) is 0. The molecular weight excluding hydrogens is 386 g/mol. The van der Waals surface area contributed by atoms with Gasteiger partial charge >= 0.3 is 5.97 Å². The summed E-state index contributed by atoms with van der Waals surface area (Å²) in [6, 6.07) is 1.44. The zero-order valence-corrected chi connectivity index (χ0v) is 18.9. The molecule has 0 unspecified atom stereocenters. The van der Waals surface area contributed by atoms with Crippen LogP contribution in [-0.2, 0) is 4.79 Å². The molecule has 29 heavy (non-hydrogen) atoms. The Labute approximate surface area is 178 Å². The number of aliphatic hydroxyl groups is 1. The Morgan fingerprint density at radius 3 is 2.41 bits per heavy atom. The number of aromatic carboxylic acids is 1. The van der Waals surface area contributed by atoms with E-state index in [1.807, 2.05) is 27.7 Å². The van der Waals surface area contributed by atoms with Crippen LogP contribution < -0.4 is 4.90 Å². The lowest BCUT2D eigenvalue weighted by Crippen LogP contribution is -2.44. The lowest BCUT2D eigenvalue weighted by atomic mass is 9.82. The smallest absolute Gasteiger partial charge is 0.348 e. The zero-order valence-electron chi connectivity index (χ0n) is 18.1. The van der Waals surface area contributed by atoms with Gasteiger partial charge < -0.3 is 15.1 Å². The van der Waals surface area contributed by atoms with Gasteiger partial charge in [-0.1, -0.05) is 18.8 Å². The van der Waals surface area contributed by atoms with E-state index in [2.05, 4.69) is 18.8 Å². The Balaban J connectivity index is 2.46. The second-order valence-electron chi connectivity index (χ2n) is 9.16. The second-order valence-corrected chi connectivity index (χ2v) is 10.2. The quantitative estimate of drug-likeness (QED) is 0.651. The standard InChI is InChI=1S/C23H33NO4S/c1-15-6-8-17(9-7-15)21(26)24(16(2)11-13-25)19-14-18(10-12-23(3,4)5)29-20(19)22(27)28/h14-17,25H,6-9,11,13H2,1-5H3,(H,27,28)/t15?,16-,17?/m0/s1. The van der Waals surface area contributed by atoms with Gasteiger partial charge in [-0.2, -0.15) is 0 Å². The highest BCUT2D eigenvalue weighted by Gasteiger charge is 2.34. The van der Waals surface area contributed by atoms with Crippen molar-refractivity contribution in [3.8, 4) is 11.8 Å². The molecule has 160 valence electrons. The molecule has 0 bridgehead atoms. The van der Waals surface area contributed by atoms with Gasteiger partial charge in [-0.3, -0.25) is 4.79 Å². The fourth-order valence-corrected chi connectivity index (χ4v) is 4.46. The number of rotatable bonds is 6. The Bertz CT molecular complexity index is 788. The number of carboxylic acids is 1. The van der Waals surface area contributed by atoms with E-state index < -0.39 is 5.97 Å². The minimum atomic E-state index is -1.06. The maximum atomic E-state index is 13.4. The third-order valence-corrected chi connectivity index (χ3v) is 6.34. The molecule has 2 rings (SSSR count). The minimum Gasteiger partial charge on any atom is -0.477 e. The Kier molecular flexibility index (Phi) is 7.90. The number of hydrogen-bond donors (Lipinski definition) is 2.